The molecular formula is C17H27NO6S. The van der Waals surface area contributed by atoms with Gasteiger partial charge < -0.3 is 18.9 Å². The molecule has 25 heavy (non-hydrogen) atoms. The van der Waals surface area contributed by atoms with Crippen LogP contribution < -0.4 is 14.2 Å². The summed E-state index contributed by atoms with van der Waals surface area (Å²) in [6.45, 7) is 2.65. The van der Waals surface area contributed by atoms with E-state index < -0.39 is 10.0 Å². The van der Waals surface area contributed by atoms with Gasteiger partial charge in [-0.25, -0.2) is 13.1 Å². The number of sulfonamides is 1. The Morgan fingerprint density at radius 3 is 2.68 bits per heavy atom. The maximum absolute atomic E-state index is 11.8. The van der Waals surface area contributed by atoms with E-state index in [0.29, 0.717) is 33.0 Å². The summed E-state index contributed by atoms with van der Waals surface area (Å²) < 4.78 is 47.3. The van der Waals surface area contributed by atoms with E-state index in [1.165, 1.54) is 5.56 Å². The molecule has 1 aromatic carbocycles. The lowest BCUT2D eigenvalue weighted by molar-refractivity contribution is 0.0784. The number of hydrogen-bond donors (Lipinski definition) is 1. The molecule has 0 saturated heterocycles. The van der Waals surface area contributed by atoms with Crippen molar-refractivity contribution in [2.24, 2.45) is 0 Å². The summed E-state index contributed by atoms with van der Waals surface area (Å²) in [5, 5.41) is 0. The highest BCUT2D eigenvalue weighted by atomic mass is 32.2. The second-order valence-electron chi connectivity index (χ2n) is 5.75. The first-order valence-electron chi connectivity index (χ1n) is 8.53. The number of ether oxygens (including phenoxy) is 4. The molecule has 0 unspecified atom stereocenters. The molecule has 1 heterocycles. The molecule has 7 nitrogen and oxygen atoms in total. The molecule has 0 saturated carbocycles. The molecule has 0 aliphatic carbocycles. The molecule has 2 rings (SSSR count). The second kappa shape index (κ2) is 10.6. The van der Waals surface area contributed by atoms with Gasteiger partial charge in [-0.2, -0.15) is 0 Å². The number of aryl methyl sites for hydroxylation is 1. The molecule has 0 amide bonds. The monoisotopic (exact) mass is 373 g/mol. The minimum atomic E-state index is -3.28. The largest absolute Gasteiger partial charge is 0.486 e. The molecule has 1 aliphatic rings. The Morgan fingerprint density at radius 2 is 1.88 bits per heavy atom. The molecule has 0 radical (unpaired) electrons. The van der Waals surface area contributed by atoms with E-state index in [1.807, 2.05) is 18.2 Å². The molecule has 0 atom stereocenters. The number of benzene rings is 1. The zero-order valence-corrected chi connectivity index (χ0v) is 15.5. The second-order valence-corrected chi connectivity index (χ2v) is 7.68. The van der Waals surface area contributed by atoms with E-state index in [9.17, 15) is 8.42 Å². The van der Waals surface area contributed by atoms with Crippen LogP contribution in [0.25, 0.3) is 0 Å². The number of hydrogen-bond acceptors (Lipinski definition) is 6. The van der Waals surface area contributed by atoms with Gasteiger partial charge in [0.1, 0.15) is 13.2 Å². The van der Waals surface area contributed by atoms with E-state index in [0.717, 1.165) is 30.8 Å². The number of unbranched alkanes of at least 4 members (excludes halogenated alkanes) is 1. The van der Waals surface area contributed by atoms with Crippen LogP contribution in [0.2, 0.25) is 0 Å². The van der Waals surface area contributed by atoms with Crippen molar-refractivity contribution in [2.45, 2.75) is 19.3 Å². The Kier molecular flexibility index (Phi) is 8.47. The molecule has 0 fully saturated rings. The summed E-state index contributed by atoms with van der Waals surface area (Å²) in [6, 6.07) is 5.95. The standard InChI is InChI=1S/C17H27NO6S/c1-21-8-9-22-12-13-25(19,20)18-7-3-2-4-15-5-6-16-17(14-15)24-11-10-23-16/h5-6,14,18H,2-4,7-13H2,1H3. The molecule has 142 valence electrons. The molecule has 0 bridgehead atoms. The molecule has 1 N–H and O–H groups in total. The van der Waals surface area contributed by atoms with Gasteiger partial charge in [0.05, 0.1) is 25.6 Å². The quantitative estimate of drug-likeness (QED) is 0.557. The fraction of sp³-hybridized carbons (Fsp3) is 0.647. The fourth-order valence-corrected chi connectivity index (χ4v) is 3.35. The molecular weight excluding hydrogens is 346 g/mol. The Morgan fingerprint density at radius 1 is 1.08 bits per heavy atom. The number of fused-ring (bicyclic) bond motifs is 1. The zero-order chi connectivity index (χ0) is 18.0. The number of methoxy groups -OCH3 is 1. The van der Waals surface area contributed by atoms with Crippen molar-refractivity contribution in [3.05, 3.63) is 23.8 Å². The average molecular weight is 373 g/mol. The molecule has 0 aromatic heterocycles. The Labute approximate surface area is 149 Å². The summed E-state index contributed by atoms with van der Waals surface area (Å²) in [7, 11) is -1.70. The van der Waals surface area contributed by atoms with Crippen LogP contribution in [0.4, 0.5) is 0 Å². The zero-order valence-electron chi connectivity index (χ0n) is 14.7. The third kappa shape index (κ3) is 7.60. The third-order valence-corrected chi connectivity index (χ3v) is 5.10. The van der Waals surface area contributed by atoms with Crippen molar-refractivity contribution in [1.82, 2.24) is 4.72 Å². The van der Waals surface area contributed by atoms with Crippen molar-refractivity contribution < 1.29 is 27.4 Å². The van der Waals surface area contributed by atoms with Crippen molar-refractivity contribution in [2.75, 3.05) is 52.4 Å². The van der Waals surface area contributed by atoms with Gasteiger partial charge in [-0.1, -0.05) is 6.07 Å². The van der Waals surface area contributed by atoms with Crippen LogP contribution in [0.3, 0.4) is 0 Å². The minimum absolute atomic E-state index is 0.0289. The van der Waals surface area contributed by atoms with Gasteiger partial charge in [0.15, 0.2) is 11.5 Å². The summed E-state index contributed by atoms with van der Waals surface area (Å²) >= 11 is 0. The van der Waals surface area contributed by atoms with Gasteiger partial charge in [-0.3, -0.25) is 0 Å². The first-order chi connectivity index (χ1) is 12.1. The van der Waals surface area contributed by atoms with Crippen molar-refractivity contribution in [1.29, 1.82) is 0 Å². The highest BCUT2D eigenvalue weighted by molar-refractivity contribution is 7.89. The Hall–Kier alpha value is -1.35. The minimum Gasteiger partial charge on any atom is -0.486 e. The summed E-state index contributed by atoms with van der Waals surface area (Å²) in [5.74, 6) is 1.55. The number of nitrogens with one attached hydrogen (secondary N) is 1. The van der Waals surface area contributed by atoms with E-state index in [-0.39, 0.29) is 12.4 Å². The molecule has 1 aromatic rings. The number of rotatable bonds is 12. The first-order valence-corrected chi connectivity index (χ1v) is 10.2. The van der Waals surface area contributed by atoms with Crippen molar-refractivity contribution >= 4 is 10.0 Å². The molecule has 8 heteroatoms. The van der Waals surface area contributed by atoms with Crippen LogP contribution in [-0.2, 0) is 25.9 Å². The summed E-state index contributed by atoms with van der Waals surface area (Å²) in [6.07, 6.45) is 2.54. The average Bonchev–Trinajstić information content (AvgIpc) is 2.61. The van der Waals surface area contributed by atoms with Crippen LogP contribution in [0.15, 0.2) is 18.2 Å². The SMILES string of the molecule is COCCOCCS(=O)(=O)NCCCCc1ccc2c(c1)OCCO2. The first kappa shape index (κ1) is 20.0. The van der Waals surface area contributed by atoms with Gasteiger partial charge in [-0.15, -0.1) is 0 Å². The third-order valence-electron chi connectivity index (χ3n) is 3.75. The predicted molar refractivity (Wildman–Crippen MR) is 94.9 cm³/mol. The van der Waals surface area contributed by atoms with Gasteiger partial charge in [0.25, 0.3) is 0 Å². The summed E-state index contributed by atoms with van der Waals surface area (Å²) in [4.78, 5) is 0. The summed E-state index contributed by atoms with van der Waals surface area (Å²) in [5.41, 5.74) is 1.17. The van der Waals surface area contributed by atoms with Gasteiger partial charge in [0, 0.05) is 13.7 Å². The van der Waals surface area contributed by atoms with Gasteiger partial charge in [0.2, 0.25) is 10.0 Å². The molecule has 0 spiro atoms. The fourth-order valence-electron chi connectivity index (χ4n) is 2.41. The predicted octanol–water partition coefficient (Wildman–Crippen LogP) is 1.36. The van der Waals surface area contributed by atoms with Crippen molar-refractivity contribution in [3.63, 3.8) is 0 Å². The topological polar surface area (TPSA) is 83.1 Å². The van der Waals surface area contributed by atoms with E-state index in [2.05, 4.69) is 4.72 Å². The van der Waals surface area contributed by atoms with E-state index >= 15 is 0 Å². The van der Waals surface area contributed by atoms with Gasteiger partial charge >= 0.3 is 0 Å². The normalized spacial score (nSPS) is 13.8. The lowest BCUT2D eigenvalue weighted by Gasteiger charge is -2.18. The lowest BCUT2D eigenvalue weighted by atomic mass is 10.1. The maximum atomic E-state index is 11.8. The lowest BCUT2D eigenvalue weighted by Crippen LogP contribution is -2.29. The van der Waals surface area contributed by atoms with Gasteiger partial charge in [-0.05, 0) is 37.0 Å². The van der Waals surface area contributed by atoms with Crippen LogP contribution in [0, 0.1) is 0 Å². The van der Waals surface area contributed by atoms with Crippen molar-refractivity contribution in [3.8, 4) is 11.5 Å². The highest BCUT2D eigenvalue weighted by Crippen LogP contribution is 2.31. The smallest absolute Gasteiger partial charge is 0.213 e. The maximum Gasteiger partial charge on any atom is 0.213 e. The Balaban J connectivity index is 1.59. The van der Waals surface area contributed by atoms with Crippen LogP contribution >= 0.6 is 0 Å². The highest BCUT2D eigenvalue weighted by Gasteiger charge is 2.12. The Bertz CT molecular complexity index is 620. The molecule has 1 aliphatic heterocycles. The van der Waals surface area contributed by atoms with E-state index in [1.54, 1.807) is 7.11 Å². The van der Waals surface area contributed by atoms with Crippen LogP contribution in [0.1, 0.15) is 18.4 Å². The van der Waals surface area contributed by atoms with Crippen LogP contribution in [-0.4, -0.2) is 60.9 Å². The van der Waals surface area contributed by atoms with E-state index in [4.69, 9.17) is 18.9 Å². The van der Waals surface area contributed by atoms with Crippen LogP contribution in [0.5, 0.6) is 11.5 Å².